The Bertz CT molecular complexity index is 327. The maximum absolute atomic E-state index is 11.8. The van der Waals surface area contributed by atoms with E-state index in [9.17, 15) is 13.6 Å². The number of aryl methyl sites for hydroxylation is 1. The van der Waals surface area contributed by atoms with Gasteiger partial charge >= 0.3 is 5.97 Å². The van der Waals surface area contributed by atoms with E-state index in [1.54, 1.807) is 6.92 Å². The van der Waals surface area contributed by atoms with Gasteiger partial charge in [-0.25, -0.2) is 13.6 Å². The monoisotopic (exact) mass is 219 g/mol. The molecule has 84 valence electrons. The van der Waals surface area contributed by atoms with Crippen molar-refractivity contribution in [1.29, 1.82) is 0 Å². The summed E-state index contributed by atoms with van der Waals surface area (Å²) < 4.78 is 28.4. The van der Waals surface area contributed by atoms with Crippen molar-refractivity contribution in [2.24, 2.45) is 0 Å². The van der Waals surface area contributed by atoms with E-state index in [0.717, 1.165) is 4.80 Å². The van der Waals surface area contributed by atoms with Crippen LogP contribution in [0.4, 0.5) is 8.78 Å². The lowest BCUT2D eigenvalue weighted by molar-refractivity contribution is 0.0518. The molecule has 1 aromatic heterocycles. The summed E-state index contributed by atoms with van der Waals surface area (Å²) in [7, 11) is 0. The molecular formula is C8H11F2N3O2. The summed E-state index contributed by atoms with van der Waals surface area (Å²) in [5.41, 5.74) is 0.0334. The number of aromatic nitrogens is 3. The van der Waals surface area contributed by atoms with Crippen molar-refractivity contribution in [2.45, 2.75) is 26.3 Å². The quantitative estimate of drug-likeness (QED) is 0.696. The van der Waals surface area contributed by atoms with Crippen LogP contribution in [0.3, 0.4) is 0 Å². The van der Waals surface area contributed by atoms with Gasteiger partial charge in [-0.15, -0.1) is 5.10 Å². The number of halogens is 2. The number of hydrogen-bond acceptors (Lipinski definition) is 4. The summed E-state index contributed by atoms with van der Waals surface area (Å²) in [4.78, 5) is 12.2. The smallest absolute Gasteiger partial charge is 0.360 e. The molecule has 1 aromatic rings. The first-order valence-electron chi connectivity index (χ1n) is 4.49. The third kappa shape index (κ3) is 3.61. The van der Waals surface area contributed by atoms with Gasteiger partial charge in [0.1, 0.15) is 0 Å². The van der Waals surface area contributed by atoms with Gasteiger partial charge in [-0.1, -0.05) is 0 Å². The van der Waals surface area contributed by atoms with Gasteiger partial charge < -0.3 is 4.74 Å². The van der Waals surface area contributed by atoms with Crippen molar-refractivity contribution in [1.82, 2.24) is 15.0 Å². The maximum atomic E-state index is 11.8. The van der Waals surface area contributed by atoms with Crippen molar-refractivity contribution < 1.29 is 18.3 Å². The van der Waals surface area contributed by atoms with Crippen molar-refractivity contribution in [2.75, 3.05) is 6.61 Å². The lowest BCUT2D eigenvalue weighted by Crippen LogP contribution is -2.09. The Kier molecular flexibility index (Phi) is 4.14. The van der Waals surface area contributed by atoms with E-state index in [1.807, 2.05) is 0 Å². The van der Waals surface area contributed by atoms with Gasteiger partial charge in [0.05, 0.1) is 19.3 Å². The van der Waals surface area contributed by atoms with E-state index in [0.29, 0.717) is 0 Å². The minimum atomic E-state index is -2.40. The molecule has 1 heterocycles. The fourth-order valence-corrected chi connectivity index (χ4v) is 0.917. The minimum Gasteiger partial charge on any atom is -0.461 e. The highest BCUT2D eigenvalue weighted by Crippen LogP contribution is 2.01. The van der Waals surface area contributed by atoms with E-state index in [4.69, 9.17) is 0 Å². The number of esters is 1. The maximum Gasteiger partial charge on any atom is 0.360 e. The second-order valence-electron chi connectivity index (χ2n) is 2.73. The molecule has 5 nitrogen and oxygen atoms in total. The predicted octanol–water partition coefficient (Wildman–Crippen LogP) is 1.11. The first kappa shape index (κ1) is 11.5. The van der Waals surface area contributed by atoms with Gasteiger partial charge in [0.25, 0.3) is 0 Å². The van der Waals surface area contributed by atoms with Gasteiger partial charge in [0.2, 0.25) is 6.43 Å². The van der Waals surface area contributed by atoms with Crippen LogP contribution in [0.1, 0.15) is 23.8 Å². The Balaban J connectivity index is 2.52. The van der Waals surface area contributed by atoms with Crippen molar-refractivity contribution in [3.8, 4) is 0 Å². The molecule has 0 N–H and O–H groups in total. The van der Waals surface area contributed by atoms with Crippen molar-refractivity contribution >= 4 is 5.97 Å². The summed E-state index contributed by atoms with van der Waals surface area (Å²) in [6, 6.07) is 0. The highest BCUT2D eigenvalue weighted by Gasteiger charge is 2.12. The second kappa shape index (κ2) is 5.38. The molecule has 1 rings (SSSR count). The molecule has 0 aliphatic heterocycles. The number of carbonyl (C=O) groups is 1. The normalized spacial score (nSPS) is 10.7. The lowest BCUT2D eigenvalue weighted by Gasteiger charge is -1.98. The molecule has 0 saturated carbocycles. The van der Waals surface area contributed by atoms with Crippen LogP contribution >= 0.6 is 0 Å². The Morgan fingerprint density at radius 3 is 3.00 bits per heavy atom. The fourth-order valence-electron chi connectivity index (χ4n) is 0.917. The van der Waals surface area contributed by atoms with Crippen LogP contribution in [0.5, 0.6) is 0 Å². The second-order valence-corrected chi connectivity index (χ2v) is 2.73. The summed E-state index contributed by atoms with van der Waals surface area (Å²) in [5.74, 6) is -0.596. The topological polar surface area (TPSA) is 57.0 Å². The lowest BCUT2D eigenvalue weighted by atomic mass is 10.5. The van der Waals surface area contributed by atoms with Crippen LogP contribution in [0.2, 0.25) is 0 Å². The molecule has 0 radical (unpaired) electrons. The average molecular weight is 219 g/mol. The van der Waals surface area contributed by atoms with E-state index >= 15 is 0 Å². The Labute approximate surface area is 85.0 Å². The number of ether oxygens (including phenoxy) is 1. The number of hydrogen-bond donors (Lipinski definition) is 0. The van der Waals surface area contributed by atoms with E-state index in [1.165, 1.54) is 6.20 Å². The van der Waals surface area contributed by atoms with Crippen molar-refractivity contribution in [3.63, 3.8) is 0 Å². The Morgan fingerprint density at radius 1 is 1.67 bits per heavy atom. The standard InChI is InChI=1S/C8H11F2N3O2/c1-2-15-8(14)6-5-11-13(12-6)4-3-7(9)10/h5,7H,2-4H2,1H3. The van der Waals surface area contributed by atoms with Crippen LogP contribution in [-0.2, 0) is 11.3 Å². The number of nitrogens with zero attached hydrogens (tertiary/aromatic N) is 3. The molecule has 0 atom stereocenters. The van der Waals surface area contributed by atoms with Crippen LogP contribution < -0.4 is 0 Å². The molecule has 0 unspecified atom stereocenters. The fraction of sp³-hybridized carbons (Fsp3) is 0.625. The highest BCUT2D eigenvalue weighted by molar-refractivity contribution is 5.86. The Hall–Kier alpha value is -1.53. The van der Waals surface area contributed by atoms with Crippen LogP contribution in [0.15, 0.2) is 6.20 Å². The molecule has 0 saturated heterocycles. The van der Waals surface area contributed by atoms with Crippen LogP contribution in [0.25, 0.3) is 0 Å². The van der Waals surface area contributed by atoms with Gasteiger partial charge in [0, 0.05) is 6.42 Å². The van der Waals surface area contributed by atoms with E-state index in [2.05, 4.69) is 14.9 Å². The molecule has 0 spiro atoms. The van der Waals surface area contributed by atoms with Crippen LogP contribution in [-0.4, -0.2) is 34.0 Å². The molecule has 0 aliphatic carbocycles. The number of alkyl halides is 2. The molecular weight excluding hydrogens is 208 g/mol. The zero-order valence-electron chi connectivity index (χ0n) is 8.19. The highest BCUT2D eigenvalue weighted by atomic mass is 19.3. The third-order valence-electron chi connectivity index (χ3n) is 1.57. The van der Waals surface area contributed by atoms with E-state index in [-0.39, 0.29) is 25.3 Å². The third-order valence-corrected chi connectivity index (χ3v) is 1.57. The van der Waals surface area contributed by atoms with Gasteiger partial charge in [-0.05, 0) is 6.92 Å². The first-order chi connectivity index (χ1) is 7.13. The zero-order chi connectivity index (χ0) is 11.3. The van der Waals surface area contributed by atoms with E-state index < -0.39 is 12.4 Å². The van der Waals surface area contributed by atoms with Gasteiger partial charge in [-0.2, -0.15) is 9.90 Å². The summed E-state index contributed by atoms with van der Waals surface area (Å²) in [5, 5.41) is 7.36. The summed E-state index contributed by atoms with van der Waals surface area (Å²) >= 11 is 0. The predicted molar refractivity (Wildman–Crippen MR) is 46.6 cm³/mol. The molecule has 0 aromatic carbocycles. The van der Waals surface area contributed by atoms with Gasteiger partial charge in [0.15, 0.2) is 5.69 Å². The largest absolute Gasteiger partial charge is 0.461 e. The van der Waals surface area contributed by atoms with Gasteiger partial charge in [-0.3, -0.25) is 0 Å². The summed E-state index contributed by atoms with van der Waals surface area (Å²) in [6.07, 6.45) is -1.54. The average Bonchev–Trinajstić information content (AvgIpc) is 2.63. The molecule has 7 heteroatoms. The Morgan fingerprint density at radius 2 is 2.40 bits per heavy atom. The molecule has 0 bridgehead atoms. The SMILES string of the molecule is CCOC(=O)c1cnn(CCC(F)F)n1. The van der Waals surface area contributed by atoms with Crippen molar-refractivity contribution in [3.05, 3.63) is 11.9 Å². The first-order valence-corrected chi connectivity index (χ1v) is 4.49. The summed E-state index contributed by atoms with van der Waals surface area (Å²) in [6.45, 7) is 1.89. The molecule has 0 fully saturated rings. The number of rotatable bonds is 5. The zero-order valence-corrected chi connectivity index (χ0v) is 8.19. The van der Waals surface area contributed by atoms with Crippen LogP contribution in [0, 0.1) is 0 Å². The molecule has 15 heavy (non-hydrogen) atoms. The minimum absolute atomic E-state index is 0.0168. The number of carbonyl (C=O) groups excluding carboxylic acids is 1. The molecule has 0 amide bonds. The molecule has 0 aliphatic rings.